The van der Waals surface area contributed by atoms with Crippen molar-refractivity contribution in [2.75, 3.05) is 6.54 Å². The summed E-state index contributed by atoms with van der Waals surface area (Å²) in [4.78, 5) is 9.13. The smallest absolute Gasteiger partial charge is 0.293 e. The average molecular weight is 409 g/mol. The van der Waals surface area contributed by atoms with Crippen LogP contribution in [0.25, 0.3) is 34.4 Å². The van der Waals surface area contributed by atoms with Crippen LogP contribution in [0.4, 0.5) is 0 Å². The fourth-order valence-corrected chi connectivity index (χ4v) is 3.70. The quantitative estimate of drug-likeness (QED) is 0.527. The van der Waals surface area contributed by atoms with Crippen LogP contribution in [0.1, 0.15) is 22.4 Å². The van der Waals surface area contributed by atoms with Crippen LogP contribution in [0.3, 0.4) is 0 Å². The highest BCUT2D eigenvalue weighted by Gasteiger charge is 2.22. The Bertz CT molecular complexity index is 1170. The first kappa shape index (κ1) is 19.4. The lowest BCUT2D eigenvalue weighted by Gasteiger charge is -2.19. The molecule has 4 aromatic rings. The molecular weight excluding hydrogens is 388 g/mol. The molecule has 0 unspecified atom stereocenters. The molecule has 1 aromatic carbocycles. The molecule has 0 saturated carbocycles. The Kier molecular flexibility index (Phi) is 5.22. The van der Waals surface area contributed by atoms with Gasteiger partial charge in [-0.15, -0.1) is 12.4 Å². The van der Waals surface area contributed by atoms with E-state index in [0.29, 0.717) is 17.5 Å². The first-order valence-electron chi connectivity index (χ1n) is 9.38. The number of nitrogens with one attached hydrogen (secondary N) is 1. The SMILES string of the molecule is Cc1cccc(-c2ccc(-c3nc(-c4c(C)ncc5c4CCNC5)no3)o2)c1.Cl. The number of nitrogens with zero attached hydrogens (tertiary/aromatic N) is 3. The van der Waals surface area contributed by atoms with Crippen LogP contribution >= 0.6 is 12.4 Å². The number of fused-ring (bicyclic) bond motifs is 1. The van der Waals surface area contributed by atoms with Crippen LogP contribution in [0, 0.1) is 13.8 Å². The van der Waals surface area contributed by atoms with Crippen molar-refractivity contribution >= 4 is 12.4 Å². The monoisotopic (exact) mass is 408 g/mol. The summed E-state index contributed by atoms with van der Waals surface area (Å²) in [5, 5.41) is 7.59. The van der Waals surface area contributed by atoms with E-state index in [9.17, 15) is 0 Å². The number of aryl methyl sites for hydroxylation is 2. The maximum absolute atomic E-state index is 5.98. The van der Waals surface area contributed by atoms with E-state index in [4.69, 9.17) is 8.94 Å². The topological polar surface area (TPSA) is 77.0 Å². The van der Waals surface area contributed by atoms with Gasteiger partial charge >= 0.3 is 0 Å². The first-order chi connectivity index (χ1) is 13.7. The van der Waals surface area contributed by atoms with E-state index in [0.717, 1.165) is 42.1 Å². The molecule has 29 heavy (non-hydrogen) atoms. The Morgan fingerprint density at radius 2 is 1.93 bits per heavy atom. The summed E-state index contributed by atoms with van der Waals surface area (Å²) in [6.45, 7) is 5.80. The van der Waals surface area contributed by atoms with Crippen molar-refractivity contribution in [3.63, 3.8) is 0 Å². The Morgan fingerprint density at radius 1 is 1.07 bits per heavy atom. The Morgan fingerprint density at radius 3 is 2.79 bits per heavy atom. The highest BCUT2D eigenvalue weighted by atomic mass is 35.5. The third kappa shape index (κ3) is 3.57. The number of aromatic nitrogens is 3. The highest BCUT2D eigenvalue weighted by Crippen LogP contribution is 2.32. The van der Waals surface area contributed by atoms with E-state index in [-0.39, 0.29) is 12.4 Å². The lowest BCUT2D eigenvalue weighted by molar-refractivity contribution is 0.418. The van der Waals surface area contributed by atoms with Crippen LogP contribution in [0.15, 0.2) is 51.5 Å². The van der Waals surface area contributed by atoms with Crippen molar-refractivity contribution in [2.45, 2.75) is 26.8 Å². The molecule has 0 aliphatic carbocycles. The molecule has 0 atom stereocenters. The molecule has 1 aliphatic heterocycles. The molecule has 7 heteroatoms. The highest BCUT2D eigenvalue weighted by molar-refractivity contribution is 5.85. The molecule has 3 aromatic heterocycles. The first-order valence-corrected chi connectivity index (χ1v) is 9.38. The second-order valence-electron chi connectivity index (χ2n) is 7.11. The summed E-state index contributed by atoms with van der Waals surface area (Å²) in [6.07, 6.45) is 2.86. The van der Waals surface area contributed by atoms with Gasteiger partial charge in [-0.2, -0.15) is 4.98 Å². The van der Waals surface area contributed by atoms with Gasteiger partial charge in [0.25, 0.3) is 5.89 Å². The molecule has 1 N–H and O–H groups in total. The zero-order valence-corrected chi connectivity index (χ0v) is 17.0. The van der Waals surface area contributed by atoms with Crippen molar-refractivity contribution in [3.05, 3.63) is 65.0 Å². The van der Waals surface area contributed by atoms with Gasteiger partial charge in [0.15, 0.2) is 5.76 Å². The lowest BCUT2D eigenvalue weighted by atomic mass is 9.95. The summed E-state index contributed by atoms with van der Waals surface area (Å²) < 4.78 is 11.5. The second-order valence-corrected chi connectivity index (χ2v) is 7.11. The number of pyridine rings is 1. The van der Waals surface area contributed by atoms with Crippen molar-refractivity contribution in [1.82, 2.24) is 20.4 Å². The van der Waals surface area contributed by atoms with Crippen molar-refractivity contribution in [2.24, 2.45) is 0 Å². The Hall–Kier alpha value is -2.96. The fourth-order valence-electron chi connectivity index (χ4n) is 3.70. The van der Waals surface area contributed by atoms with Crippen molar-refractivity contribution in [1.29, 1.82) is 0 Å². The molecule has 0 radical (unpaired) electrons. The predicted molar refractivity (Wildman–Crippen MR) is 113 cm³/mol. The third-order valence-corrected chi connectivity index (χ3v) is 5.10. The van der Waals surface area contributed by atoms with E-state index in [1.165, 1.54) is 16.7 Å². The maximum Gasteiger partial charge on any atom is 0.293 e. The summed E-state index contributed by atoms with van der Waals surface area (Å²) in [6, 6.07) is 12.0. The molecule has 6 nitrogen and oxygen atoms in total. The van der Waals surface area contributed by atoms with Crippen molar-refractivity contribution in [3.8, 4) is 34.4 Å². The molecule has 0 spiro atoms. The third-order valence-electron chi connectivity index (χ3n) is 5.10. The van der Waals surface area contributed by atoms with E-state index < -0.39 is 0 Å². The minimum absolute atomic E-state index is 0. The molecule has 0 saturated heterocycles. The standard InChI is InChI=1S/C22H20N4O2.ClH/c1-13-4-3-5-15(10-13)18-6-7-19(27-18)22-25-21(26-28-22)20-14(2)24-12-16-11-23-9-8-17(16)20;/h3-7,10,12,23H,8-9,11H2,1-2H3;1H. The molecule has 148 valence electrons. The minimum Gasteiger partial charge on any atom is -0.451 e. The number of benzene rings is 1. The Labute approximate surface area is 174 Å². The van der Waals surface area contributed by atoms with Gasteiger partial charge in [-0.25, -0.2) is 0 Å². The van der Waals surface area contributed by atoms with Gasteiger partial charge in [-0.05, 0) is 56.1 Å². The number of hydrogen-bond donors (Lipinski definition) is 1. The summed E-state index contributed by atoms with van der Waals surface area (Å²) in [5.41, 5.74) is 6.53. The van der Waals surface area contributed by atoms with E-state index in [1.54, 1.807) is 0 Å². The second kappa shape index (κ2) is 7.81. The van der Waals surface area contributed by atoms with E-state index in [1.807, 2.05) is 37.4 Å². The van der Waals surface area contributed by atoms with Gasteiger partial charge in [0.05, 0.1) is 0 Å². The summed E-state index contributed by atoms with van der Waals surface area (Å²) >= 11 is 0. The molecular formula is C22H21ClN4O2. The normalized spacial score (nSPS) is 13.0. The summed E-state index contributed by atoms with van der Waals surface area (Å²) in [7, 11) is 0. The molecule has 5 rings (SSSR count). The zero-order chi connectivity index (χ0) is 19.1. The van der Waals surface area contributed by atoms with Gasteiger partial charge in [-0.3, -0.25) is 4.98 Å². The van der Waals surface area contributed by atoms with Gasteiger partial charge in [0.1, 0.15) is 5.76 Å². The van der Waals surface area contributed by atoms with E-state index >= 15 is 0 Å². The zero-order valence-electron chi connectivity index (χ0n) is 16.2. The molecule has 1 aliphatic rings. The van der Waals surface area contributed by atoms with Gasteiger partial charge in [-0.1, -0.05) is 28.9 Å². The lowest BCUT2D eigenvalue weighted by Crippen LogP contribution is -2.24. The average Bonchev–Trinajstić information content (AvgIpc) is 3.37. The molecule has 0 bridgehead atoms. The van der Waals surface area contributed by atoms with Gasteiger partial charge < -0.3 is 14.3 Å². The largest absolute Gasteiger partial charge is 0.451 e. The fraction of sp³-hybridized carbons (Fsp3) is 0.227. The number of furan rings is 1. The minimum atomic E-state index is 0. The molecule has 0 fully saturated rings. The van der Waals surface area contributed by atoms with Gasteiger partial charge in [0.2, 0.25) is 5.82 Å². The van der Waals surface area contributed by atoms with Crippen LogP contribution in [-0.4, -0.2) is 21.7 Å². The van der Waals surface area contributed by atoms with Crippen molar-refractivity contribution < 1.29 is 8.94 Å². The van der Waals surface area contributed by atoms with E-state index in [2.05, 4.69) is 39.5 Å². The van der Waals surface area contributed by atoms with Gasteiger partial charge in [0, 0.05) is 29.6 Å². The number of hydrogen-bond acceptors (Lipinski definition) is 6. The predicted octanol–water partition coefficient (Wildman–Crippen LogP) is 4.74. The van der Waals surface area contributed by atoms with Crippen LogP contribution in [0.5, 0.6) is 0 Å². The molecule has 0 amide bonds. The number of halogens is 1. The number of rotatable bonds is 3. The molecule has 4 heterocycles. The summed E-state index contributed by atoms with van der Waals surface area (Å²) in [5.74, 6) is 2.28. The Balaban J connectivity index is 0.00000205. The maximum atomic E-state index is 5.98. The van der Waals surface area contributed by atoms with Crippen LogP contribution < -0.4 is 5.32 Å². The van der Waals surface area contributed by atoms with Crippen LogP contribution in [-0.2, 0) is 13.0 Å². The van der Waals surface area contributed by atoms with Crippen LogP contribution in [0.2, 0.25) is 0 Å².